The molecule has 2 unspecified atom stereocenters. The van der Waals surface area contributed by atoms with Crippen LogP contribution in [0, 0.1) is 17.3 Å². The van der Waals surface area contributed by atoms with Crippen molar-refractivity contribution in [2.45, 2.75) is 19.3 Å². The fourth-order valence-corrected chi connectivity index (χ4v) is 2.66. The highest BCUT2D eigenvalue weighted by Gasteiger charge is 2.67. The van der Waals surface area contributed by atoms with E-state index in [1.807, 2.05) is 0 Å². The zero-order valence-corrected chi connectivity index (χ0v) is 8.31. The molecular formula is C10H14O5. The first-order chi connectivity index (χ1) is 7.09. The molecule has 2 fully saturated rings. The van der Waals surface area contributed by atoms with E-state index in [9.17, 15) is 14.7 Å². The second-order valence-corrected chi connectivity index (χ2v) is 4.33. The lowest BCUT2D eigenvalue weighted by Crippen LogP contribution is -2.33. The molecule has 0 radical (unpaired) electrons. The minimum Gasteiger partial charge on any atom is -0.481 e. The maximum Gasteiger partial charge on any atom is 0.310 e. The van der Waals surface area contributed by atoms with Gasteiger partial charge in [-0.1, -0.05) is 0 Å². The number of hydrogen-bond acceptors (Lipinski definition) is 3. The van der Waals surface area contributed by atoms with Crippen LogP contribution in [0.2, 0.25) is 0 Å². The third kappa shape index (κ3) is 1.51. The molecule has 0 aromatic carbocycles. The predicted molar refractivity (Wildman–Crippen MR) is 49.4 cm³/mol. The third-order valence-electron chi connectivity index (χ3n) is 3.65. The van der Waals surface area contributed by atoms with Crippen molar-refractivity contribution in [3.05, 3.63) is 0 Å². The van der Waals surface area contributed by atoms with Crippen molar-refractivity contribution in [1.29, 1.82) is 0 Å². The second-order valence-electron chi connectivity index (χ2n) is 4.33. The maximum absolute atomic E-state index is 11.2. The number of carbonyl (C=O) groups is 2. The van der Waals surface area contributed by atoms with Gasteiger partial charge in [0, 0.05) is 13.2 Å². The molecule has 0 aromatic heterocycles. The summed E-state index contributed by atoms with van der Waals surface area (Å²) in [6, 6.07) is 0. The van der Waals surface area contributed by atoms with Gasteiger partial charge in [-0.3, -0.25) is 9.59 Å². The Morgan fingerprint density at radius 3 is 2.20 bits per heavy atom. The highest BCUT2D eigenvalue weighted by atomic mass is 16.5. The highest BCUT2D eigenvalue weighted by Crippen LogP contribution is 2.60. The Morgan fingerprint density at radius 2 is 1.80 bits per heavy atom. The van der Waals surface area contributed by atoms with Crippen LogP contribution >= 0.6 is 0 Å². The molecule has 84 valence electrons. The van der Waals surface area contributed by atoms with Crippen molar-refractivity contribution in [2.24, 2.45) is 17.3 Å². The summed E-state index contributed by atoms with van der Waals surface area (Å²) in [7, 11) is 0. The van der Waals surface area contributed by atoms with Crippen molar-refractivity contribution >= 4 is 11.9 Å². The van der Waals surface area contributed by atoms with E-state index in [-0.39, 0.29) is 12.3 Å². The fourth-order valence-electron chi connectivity index (χ4n) is 2.66. The smallest absolute Gasteiger partial charge is 0.310 e. The Morgan fingerprint density at radius 1 is 1.20 bits per heavy atom. The van der Waals surface area contributed by atoms with Crippen LogP contribution in [0.25, 0.3) is 0 Å². The van der Waals surface area contributed by atoms with E-state index in [1.165, 1.54) is 0 Å². The predicted octanol–water partition coefficient (Wildman–Crippen LogP) is 0.588. The van der Waals surface area contributed by atoms with Crippen molar-refractivity contribution in [3.8, 4) is 0 Å². The first-order valence-corrected chi connectivity index (χ1v) is 5.13. The summed E-state index contributed by atoms with van der Waals surface area (Å²) < 4.78 is 5.16. The van der Waals surface area contributed by atoms with E-state index in [0.29, 0.717) is 26.1 Å². The molecule has 2 rings (SSSR count). The van der Waals surface area contributed by atoms with Crippen LogP contribution in [0.3, 0.4) is 0 Å². The lowest BCUT2D eigenvalue weighted by atomic mass is 9.81. The number of carboxylic acid groups (broad SMARTS) is 2. The first kappa shape index (κ1) is 10.4. The van der Waals surface area contributed by atoms with Gasteiger partial charge in [-0.05, 0) is 25.2 Å². The molecule has 0 spiro atoms. The number of carboxylic acids is 2. The largest absolute Gasteiger partial charge is 0.481 e. The number of aliphatic carboxylic acids is 2. The highest BCUT2D eigenvalue weighted by molar-refractivity contribution is 5.89. The summed E-state index contributed by atoms with van der Waals surface area (Å²) in [5.41, 5.74) is -1.00. The third-order valence-corrected chi connectivity index (χ3v) is 3.65. The van der Waals surface area contributed by atoms with Crippen LogP contribution in [0.4, 0.5) is 0 Å². The number of hydrogen-bond donors (Lipinski definition) is 2. The Hall–Kier alpha value is -1.10. The standard InChI is InChI=1S/C10H14O5/c11-8(12)7-5-10(7,9(13)14)6-1-3-15-4-2-6/h6-7H,1-5H2,(H,11,12)(H,13,14). The Bertz CT molecular complexity index is 294. The molecule has 2 aliphatic rings. The van der Waals surface area contributed by atoms with Crippen LogP contribution in [0.15, 0.2) is 0 Å². The van der Waals surface area contributed by atoms with Crippen molar-refractivity contribution in [2.75, 3.05) is 13.2 Å². The molecule has 2 atom stereocenters. The van der Waals surface area contributed by atoms with E-state index in [4.69, 9.17) is 9.84 Å². The van der Waals surface area contributed by atoms with Crippen LogP contribution in [-0.4, -0.2) is 35.4 Å². The topological polar surface area (TPSA) is 83.8 Å². The minimum atomic E-state index is -1.00. The summed E-state index contributed by atoms with van der Waals surface area (Å²) in [6.45, 7) is 1.10. The molecule has 1 saturated heterocycles. The van der Waals surface area contributed by atoms with E-state index >= 15 is 0 Å². The fraction of sp³-hybridized carbons (Fsp3) is 0.800. The quantitative estimate of drug-likeness (QED) is 0.718. The van der Waals surface area contributed by atoms with Gasteiger partial charge in [0.1, 0.15) is 0 Å². The molecule has 0 amide bonds. The van der Waals surface area contributed by atoms with Gasteiger partial charge in [0.15, 0.2) is 0 Å². The first-order valence-electron chi connectivity index (χ1n) is 5.13. The van der Waals surface area contributed by atoms with E-state index < -0.39 is 23.3 Å². The zero-order valence-electron chi connectivity index (χ0n) is 8.31. The van der Waals surface area contributed by atoms with E-state index in [2.05, 4.69) is 0 Å². The van der Waals surface area contributed by atoms with Gasteiger partial charge in [-0.25, -0.2) is 0 Å². The molecule has 1 saturated carbocycles. The summed E-state index contributed by atoms with van der Waals surface area (Å²) in [5, 5.41) is 18.0. The van der Waals surface area contributed by atoms with Crippen molar-refractivity contribution in [1.82, 2.24) is 0 Å². The maximum atomic E-state index is 11.2. The molecule has 15 heavy (non-hydrogen) atoms. The Balaban J connectivity index is 2.14. The van der Waals surface area contributed by atoms with Crippen LogP contribution in [0.1, 0.15) is 19.3 Å². The SMILES string of the molecule is O=C(O)C1CC1(C(=O)O)C1CCOCC1. The van der Waals surface area contributed by atoms with Gasteiger partial charge < -0.3 is 14.9 Å². The lowest BCUT2D eigenvalue weighted by Gasteiger charge is -2.27. The van der Waals surface area contributed by atoms with Crippen LogP contribution in [0.5, 0.6) is 0 Å². The average Bonchev–Trinajstić information content (AvgIpc) is 2.95. The number of rotatable bonds is 3. The summed E-state index contributed by atoms with van der Waals surface area (Å²) in [6.07, 6.45) is 1.61. The molecule has 0 bridgehead atoms. The van der Waals surface area contributed by atoms with Gasteiger partial charge >= 0.3 is 11.9 Å². The summed E-state index contributed by atoms with van der Waals surface area (Å²) in [4.78, 5) is 22.0. The molecule has 5 nitrogen and oxygen atoms in total. The van der Waals surface area contributed by atoms with Gasteiger partial charge in [0.25, 0.3) is 0 Å². The minimum absolute atomic E-state index is 0.0372. The summed E-state index contributed by atoms with van der Waals surface area (Å²) >= 11 is 0. The van der Waals surface area contributed by atoms with Crippen LogP contribution < -0.4 is 0 Å². The summed E-state index contributed by atoms with van der Waals surface area (Å²) in [5.74, 6) is -2.67. The van der Waals surface area contributed by atoms with Gasteiger partial charge in [-0.15, -0.1) is 0 Å². The molecule has 1 heterocycles. The molecule has 0 aromatic rings. The van der Waals surface area contributed by atoms with E-state index in [1.54, 1.807) is 0 Å². The average molecular weight is 214 g/mol. The Labute approximate surface area is 87.0 Å². The van der Waals surface area contributed by atoms with E-state index in [0.717, 1.165) is 0 Å². The molecule has 1 aliphatic carbocycles. The van der Waals surface area contributed by atoms with Crippen LogP contribution in [-0.2, 0) is 14.3 Å². The molecule has 2 N–H and O–H groups in total. The normalized spacial score (nSPS) is 36.1. The van der Waals surface area contributed by atoms with Gasteiger partial charge in [0.05, 0.1) is 11.3 Å². The van der Waals surface area contributed by atoms with Crippen molar-refractivity contribution in [3.63, 3.8) is 0 Å². The van der Waals surface area contributed by atoms with Crippen molar-refractivity contribution < 1.29 is 24.5 Å². The number of ether oxygens (including phenoxy) is 1. The Kier molecular flexibility index (Phi) is 2.42. The second kappa shape index (κ2) is 3.48. The molecule has 1 aliphatic heterocycles. The zero-order chi connectivity index (χ0) is 11.1. The molecular weight excluding hydrogens is 200 g/mol. The molecule has 5 heteroatoms. The van der Waals surface area contributed by atoms with Gasteiger partial charge in [-0.2, -0.15) is 0 Å². The monoisotopic (exact) mass is 214 g/mol. The lowest BCUT2D eigenvalue weighted by molar-refractivity contribution is -0.153. The van der Waals surface area contributed by atoms with Gasteiger partial charge in [0.2, 0.25) is 0 Å².